The zero-order valence-corrected chi connectivity index (χ0v) is 10.4. The van der Waals surface area contributed by atoms with Crippen molar-refractivity contribution in [3.05, 3.63) is 35.4 Å². The SMILES string of the molecule is O=Cc1cccc(CCN2CCCCCC2)c1. The quantitative estimate of drug-likeness (QED) is 0.743. The van der Waals surface area contributed by atoms with Crippen LogP contribution >= 0.6 is 0 Å². The van der Waals surface area contributed by atoms with Gasteiger partial charge in [0.05, 0.1) is 0 Å². The van der Waals surface area contributed by atoms with E-state index in [2.05, 4.69) is 11.0 Å². The van der Waals surface area contributed by atoms with E-state index in [1.807, 2.05) is 18.2 Å². The van der Waals surface area contributed by atoms with Crippen LogP contribution in [-0.4, -0.2) is 30.8 Å². The first-order valence-electron chi connectivity index (χ1n) is 6.65. The maximum Gasteiger partial charge on any atom is 0.150 e. The lowest BCUT2D eigenvalue weighted by Crippen LogP contribution is -2.26. The largest absolute Gasteiger partial charge is 0.303 e. The molecule has 2 heteroatoms. The Hall–Kier alpha value is -1.15. The average Bonchev–Trinajstić information content (AvgIpc) is 2.65. The summed E-state index contributed by atoms with van der Waals surface area (Å²) in [6.45, 7) is 3.61. The van der Waals surface area contributed by atoms with E-state index in [1.165, 1.54) is 44.3 Å². The molecule has 2 nitrogen and oxygen atoms in total. The molecule has 92 valence electrons. The number of benzene rings is 1. The van der Waals surface area contributed by atoms with Gasteiger partial charge >= 0.3 is 0 Å². The van der Waals surface area contributed by atoms with E-state index in [1.54, 1.807) is 0 Å². The fourth-order valence-corrected chi connectivity index (χ4v) is 2.47. The zero-order chi connectivity index (χ0) is 11.9. The minimum atomic E-state index is 0.790. The van der Waals surface area contributed by atoms with Gasteiger partial charge in [0.15, 0.2) is 0 Å². The van der Waals surface area contributed by atoms with Gasteiger partial charge < -0.3 is 4.90 Å². The summed E-state index contributed by atoms with van der Waals surface area (Å²) < 4.78 is 0. The highest BCUT2D eigenvalue weighted by Crippen LogP contribution is 2.11. The number of rotatable bonds is 4. The Morgan fingerprint density at radius 1 is 1.12 bits per heavy atom. The Morgan fingerprint density at radius 2 is 1.88 bits per heavy atom. The van der Waals surface area contributed by atoms with Crippen molar-refractivity contribution < 1.29 is 4.79 Å². The Labute approximate surface area is 104 Å². The molecule has 1 saturated heterocycles. The van der Waals surface area contributed by atoms with Gasteiger partial charge in [0.25, 0.3) is 0 Å². The third-order valence-electron chi connectivity index (χ3n) is 3.50. The van der Waals surface area contributed by atoms with Crippen molar-refractivity contribution in [2.75, 3.05) is 19.6 Å². The molecule has 0 saturated carbocycles. The third-order valence-corrected chi connectivity index (χ3v) is 3.50. The van der Waals surface area contributed by atoms with E-state index in [4.69, 9.17) is 0 Å². The maximum absolute atomic E-state index is 10.7. The molecule has 0 amide bonds. The summed E-state index contributed by atoms with van der Waals surface area (Å²) in [6, 6.07) is 7.96. The summed E-state index contributed by atoms with van der Waals surface area (Å²) in [6.07, 6.45) is 7.44. The lowest BCUT2D eigenvalue weighted by molar-refractivity contribution is 0.112. The minimum Gasteiger partial charge on any atom is -0.303 e. The first-order chi connectivity index (χ1) is 8.38. The van der Waals surface area contributed by atoms with Gasteiger partial charge in [0.2, 0.25) is 0 Å². The second-order valence-electron chi connectivity index (χ2n) is 4.87. The first-order valence-corrected chi connectivity index (χ1v) is 6.65. The standard InChI is InChI=1S/C15H21NO/c17-13-15-7-5-6-14(12-15)8-11-16-9-3-1-2-4-10-16/h5-7,12-13H,1-4,8-11H2. The normalized spacial score (nSPS) is 17.6. The second-order valence-corrected chi connectivity index (χ2v) is 4.87. The van der Waals surface area contributed by atoms with E-state index in [9.17, 15) is 4.79 Å². The third kappa shape index (κ3) is 3.97. The summed E-state index contributed by atoms with van der Waals surface area (Å²) in [7, 11) is 0. The molecular formula is C15H21NO. The number of carbonyl (C=O) groups excluding carboxylic acids is 1. The molecule has 1 fully saturated rings. The van der Waals surface area contributed by atoms with Gasteiger partial charge in [0.1, 0.15) is 6.29 Å². The van der Waals surface area contributed by atoms with E-state index < -0.39 is 0 Å². The molecule has 17 heavy (non-hydrogen) atoms. The Morgan fingerprint density at radius 3 is 2.59 bits per heavy atom. The second kappa shape index (κ2) is 6.55. The molecule has 0 radical (unpaired) electrons. The molecule has 0 atom stereocenters. The van der Waals surface area contributed by atoms with Crippen LogP contribution in [0, 0.1) is 0 Å². The van der Waals surface area contributed by atoms with Gasteiger partial charge in [-0.05, 0) is 44.0 Å². The van der Waals surface area contributed by atoms with Gasteiger partial charge in [-0.15, -0.1) is 0 Å². The zero-order valence-electron chi connectivity index (χ0n) is 10.4. The maximum atomic E-state index is 10.7. The summed E-state index contributed by atoms with van der Waals surface area (Å²) in [4.78, 5) is 13.3. The highest BCUT2D eigenvalue weighted by molar-refractivity contribution is 5.74. The van der Waals surface area contributed by atoms with Crippen molar-refractivity contribution in [2.24, 2.45) is 0 Å². The Balaban J connectivity index is 1.85. The van der Waals surface area contributed by atoms with E-state index in [0.29, 0.717) is 0 Å². The van der Waals surface area contributed by atoms with Crippen LogP contribution in [0.2, 0.25) is 0 Å². The number of aldehydes is 1. The molecule has 1 heterocycles. The van der Waals surface area contributed by atoms with Crippen LogP contribution in [-0.2, 0) is 6.42 Å². The highest BCUT2D eigenvalue weighted by Gasteiger charge is 2.08. The van der Waals surface area contributed by atoms with Crippen LogP contribution in [0.1, 0.15) is 41.6 Å². The predicted octanol–water partition coefficient (Wildman–Crippen LogP) is 2.92. The van der Waals surface area contributed by atoms with Gasteiger partial charge in [-0.3, -0.25) is 4.79 Å². The van der Waals surface area contributed by atoms with Gasteiger partial charge in [0, 0.05) is 12.1 Å². The topological polar surface area (TPSA) is 20.3 Å². The fourth-order valence-electron chi connectivity index (χ4n) is 2.47. The van der Waals surface area contributed by atoms with Crippen molar-refractivity contribution in [1.29, 1.82) is 0 Å². The Kier molecular flexibility index (Phi) is 4.75. The van der Waals surface area contributed by atoms with Crippen LogP contribution in [0.15, 0.2) is 24.3 Å². The van der Waals surface area contributed by atoms with Crippen LogP contribution < -0.4 is 0 Å². The van der Waals surface area contributed by atoms with Crippen LogP contribution in [0.25, 0.3) is 0 Å². The number of hydrogen-bond donors (Lipinski definition) is 0. The van der Waals surface area contributed by atoms with Crippen LogP contribution in [0.4, 0.5) is 0 Å². The molecule has 2 rings (SSSR count). The molecule has 0 N–H and O–H groups in total. The molecule has 0 aliphatic carbocycles. The number of nitrogens with zero attached hydrogens (tertiary/aromatic N) is 1. The van der Waals surface area contributed by atoms with Crippen molar-refractivity contribution in [3.8, 4) is 0 Å². The molecule has 0 spiro atoms. The smallest absolute Gasteiger partial charge is 0.150 e. The van der Waals surface area contributed by atoms with E-state index >= 15 is 0 Å². The first kappa shape index (κ1) is 12.3. The molecule has 0 bridgehead atoms. The predicted molar refractivity (Wildman–Crippen MR) is 70.4 cm³/mol. The molecular weight excluding hydrogens is 210 g/mol. The molecule has 1 aliphatic rings. The van der Waals surface area contributed by atoms with Crippen LogP contribution in [0.5, 0.6) is 0 Å². The average molecular weight is 231 g/mol. The van der Waals surface area contributed by atoms with Crippen molar-refractivity contribution in [1.82, 2.24) is 4.90 Å². The summed E-state index contributed by atoms with van der Waals surface area (Å²) in [5, 5.41) is 0. The van der Waals surface area contributed by atoms with Crippen molar-refractivity contribution >= 4 is 6.29 Å². The number of likely N-dealkylation sites (tertiary alicyclic amines) is 1. The van der Waals surface area contributed by atoms with Crippen molar-refractivity contribution in [2.45, 2.75) is 32.1 Å². The minimum absolute atomic E-state index is 0.790. The van der Waals surface area contributed by atoms with Crippen molar-refractivity contribution in [3.63, 3.8) is 0 Å². The molecule has 1 aliphatic heterocycles. The summed E-state index contributed by atoms with van der Waals surface area (Å²) in [5.74, 6) is 0. The van der Waals surface area contributed by atoms with E-state index in [-0.39, 0.29) is 0 Å². The molecule has 0 aromatic heterocycles. The number of carbonyl (C=O) groups is 1. The lowest BCUT2D eigenvalue weighted by atomic mass is 10.1. The lowest BCUT2D eigenvalue weighted by Gasteiger charge is -2.19. The molecule has 1 aromatic rings. The van der Waals surface area contributed by atoms with Gasteiger partial charge in [-0.25, -0.2) is 0 Å². The Bertz CT molecular complexity index is 354. The number of hydrogen-bond acceptors (Lipinski definition) is 2. The van der Waals surface area contributed by atoms with Gasteiger partial charge in [-0.1, -0.05) is 31.0 Å². The highest BCUT2D eigenvalue weighted by atomic mass is 16.1. The fraction of sp³-hybridized carbons (Fsp3) is 0.533. The monoisotopic (exact) mass is 231 g/mol. The van der Waals surface area contributed by atoms with Gasteiger partial charge in [-0.2, -0.15) is 0 Å². The molecule has 1 aromatic carbocycles. The summed E-state index contributed by atoms with van der Waals surface area (Å²) >= 11 is 0. The summed E-state index contributed by atoms with van der Waals surface area (Å²) in [5.41, 5.74) is 2.07. The van der Waals surface area contributed by atoms with E-state index in [0.717, 1.165) is 24.8 Å². The van der Waals surface area contributed by atoms with Crippen LogP contribution in [0.3, 0.4) is 0 Å². The molecule has 0 unspecified atom stereocenters.